The first-order valence-corrected chi connectivity index (χ1v) is 9.24. The van der Waals surface area contributed by atoms with Crippen molar-refractivity contribution < 1.29 is 9.72 Å². The van der Waals surface area contributed by atoms with Crippen LogP contribution in [0.2, 0.25) is 5.02 Å². The number of nitro benzene ring substituents is 1. The number of halogens is 1. The number of benzene rings is 2. The monoisotopic (exact) mass is 396 g/mol. The molecule has 0 N–H and O–H groups in total. The molecule has 3 aromatic rings. The number of carbonyl (C=O) groups is 1. The molecule has 0 spiro atoms. The van der Waals surface area contributed by atoms with E-state index in [0.29, 0.717) is 42.6 Å². The van der Waals surface area contributed by atoms with Crippen LogP contribution in [0, 0.1) is 10.1 Å². The van der Waals surface area contributed by atoms with Gasteiger partial charge in [-0.05, 0) is 23.6 Å². The molecule has 0 bridgehead atoms. The number of hydrogen-bond donors (Lipinski definition) is 0. The van der Waals surface area contributed by atoms with Crippen LogP contribution in [0.4, 0.5) is 11.4 Å². The van der Waals surface area contributed by atoms with E-state index in [1.54, 1.807) is 23.2 Å². The van der Waals surface area contributed by atoms with Gasteiger partial charge in [-0.3, -0.25) is 19.9 Å². The van der Waals surface area contributed by atoms with E-state index >= 15 is 0 Å². The third-order valence-corrected chi connectivity index (χ3v) is 5.15. The van der Waals surface area contributed by atoms with E-state index in [-0.39, 0.29) is 11.6 Å². The van der Waals surface area contributed by atoms with E-state index in [1.165, 1.54) is 6.07 Å². The Kier molecular flexibility index (Phi) is 4.83. The highest BCUT2D eigenvalue weighted by Gasteiger charge is 2.27. The SMILES string of the molecule is O=C(c1nccc2ccccc12)N1CCN(c2ccc(Cl)cc2[N+](=O)[O-])CC1. The van der Waals surface area contributed by atoms with Gasteiger partial charge in [0.15, 0.2) is 0 Å². The summed E-state index contributed by atoms with van der Waals surface area (Å²) in [6.45, 7) is 1.92. The molecule has 142 valence electrons. The van der Waals surface area contributed by atoms with E-state index in [2.05, 4.69) is 4.98 Å². The predicted octanol–water partition coefficient (Wildman–Crippen LogP) is 3.76. The van der Waals surface area contributed by atoms with Crippen LogP contribution >= 0.6 is 11.6 Å². The van der Waals surface area contributed by atoms with E-state index in [9.17, 15) is 14.9 Å². The Labute approximate surface area is 166 Å². The standard InChI is InChI=1S/C20H17ClN4O3/c21-15-5-6-17(18(13-15)25(27)28)23-9-11-24(12-10-23)20(26)19-16-4-2-1-3-14(16)7-8-22-19/h1-8,13H,9-12H2. The van der Waals surface area contributed by atoms with Crippen LogP contribution in [-0.2, 0) is 0 Å². The van der Waals surface area contributed by atoms with Gasteiger partial charge in [0.25, 0.3) is 11.6 Å². The molecule has 2 aromatic carbocycles. The second kappa shape index (κ2) is 7.44. The zero-order valence-corrected chi connectivity index (χ0v) is 15.7. The first-order chi connectivity index (χ1) is 13.5. The number of aromatic nitrogens is 1. The molecule has 1 aromatic heterocycles. The van der Waals surface area contributed by atoms with Crippen LogP contribution in [-0.4, -0.2) is 46.9 Å². The van der Waals surface area contributed by atoms with Gasteiger partial charge in [-0.1, -0.05) is 35.9 Å². The molecule has 0 unspecified atom stereocenters. The molecule has 8 heteroatoms. The van der Waals surface area contributed by atoms with Crippen LogP contribution in [0.3, 0.4) is 0 Å². The highest BCUT2D eigenvalue weighted by Crippen LogP contribution is 2.31. The third-order valence-electron chi connectivity index (χ3n) is 4.92. The average Bonchev–Trinajstić information content (AvgIpc) is 2.73. The maximum atomic E-state index is 13.0. The minimum Gasteiger partial charge on any atom is -0.362 e. The smallest absolute Gasteiger partial charge is 0.294 e. The van der Waals surface area contributed by atoms with Gasteiger partial charge in [-0.2, -0.15) is 0 Å². The number of nitrogens with zero attached hydrogens (tertiary/aromatic N) is 4. The van der Waals surface area contributed by atoms with Crippen molar-refractivity contribution in [3.05, 3.63) is 75.6 Å². The molecule has 1 fully saturated rings. The van der Waals surface area contributed by atoms with Gasteiger partial charge in [-0.15, -0.1) is 0 Å². The van der Waals surface area contributed by atoms with Gasteiger partial charge < -0.3 is 9.80 Å². The minimum atomic E-state index is -0.432. The molecule has 4 rings (SSSR count). The Morgan fingerprint density at radius 2 is 1.82 bits per heavy atom. The van der Waals surface area contributed by atoms with Crippen molar-refractivity contribution in [2.45, 2.75) is 0 Å². The van der Waals surface area contributed by atoms with Crippen LogP contribution in [0.15, 0.2) is 54.7 Å². The fourth-order valence-electron chi connectivity index (χ4n) is 3.50. The summed E-state index contributed by atoms with van der Waals surface area (Å²) in [4.78, 5) is 31.9. The molecule has 0 radical (unpaired) electrons. The van der Waals surface area contributed by atoms with Crippen molar-refractivity contribution in [3.8, 4) is 0 Å². The molecule has 0 aliphatic carbocycles. The van der Waals surface area contributed by atoms with E-state index < -0.39 is 4.92 Å². The fourth-order valence-corrected chi connectivity index (χ4v) is 3.67. The van der Waals surface area contributed by atoms with Crippen molar-refractivity contribution in [2.24, 2.45) is 0 Å². The van der Waals surface area contributed by atoms with Gasteiger partial charge in [0.1, 0.15) is 11.4 Å². The molecular weight excluding hydrogens is 380 g/mol. The Hall–Kier alpha value is -3.19. The summed E-state index contributed by atoms with van der Waals surface area (Å²) < 4.78 is 0. The Morgan fingerprint density at radius 1 is 1.07 bits per heavy atom. The zero-order valence-electron chi connectivity index (χ0n) is 14.9. The lowest BCUT2D eigenvalue weighted by molar-refractivity contribution is -0.384. The molecule has 1 amide bonds. The number of carbonyl (C=O) groups excluding carboxylic acids is 1. The van der Waals surface area contributed by atoms with Gasteiger partial charge in [0.05, 0.1) is 4.92 Å². The van der Waals surface area contributed by atoms with Crippen LogP contribution in [0.5, 0.6) is 0 Å². The summed E-state index contributed by atoms with van der Waals surface area (Å²) in [6, 6.07) is 14.2. The molecule has 1 aliphatic heterocycles. The normalized spacial score (nSPS) is 14.3. The van der Waals surface area contributed by atoms with Gasteiger partial charge in [0, 0.05) is 48.9 Å². The molecule has 0 saturated carbocycles. The van der Waals surface area contributed by atoms with Gasteiger partial charge in [-0.25, -0.2) is 0 Å². The fraction of sp³-hybridized carbons (Fsp3) is 0.200. The number of piperazine rings is 1. The summed E-state index contributed by atoms with van der Waals surface area (Å²) in [6.07, 6.45) is 1.64. The van der Waals surface area contributed by atoms with E-state index in [1.807, 2.05) is 35.2 Å². The highest BCUT2D eigenvalue weighted by atomic mass is 35.5. The van der Waals surface area contributed by atoms with E-state index in [4.69, 9.17) is 11.6 Å². The largest absolute Gasteiger partial charge is 0.362 e. The Bertz CT molecular complexity index is 1060. The molecule has 28 heavy (non-hydrogen) atoms. The summed E-state index contributed by atoms with van der Waals surface area (Å²) in [5, 5.41) is 13.5. The van der Waals surface area contributed by atoms with E-state index in [0.717, 1.165) is 10.8 Å². The van der Waals surface area contributed by atoms with Crippen molar-refractivity contribution in [3.63, 3.8) is 0 Å². The molecular formula is C20H17ClN4O3. The summed E-state index contributed by atoms with van der Waals surface area (Å²) in [5.74, 6) is -0.123. The highest BCUT2D eigenvalue weighted by molar-refractivity contribution is 6.30. The molecule has 1 saturated heterocycles. The number of hydrogen-bond acceptors (Lipinski definition) is 5. The molecule has 2 heterocycles. The number of amides is 1. The first kappa shape index (κ1) is 18.2. The number of nitro groups is 1. The number of fused-ring (bicyclic) bond motifs is 1. The topological polar surface area (TPSA) is 79.6 Å². The quantitative estimate of drug-likeness (QED) is 0.497. The second-order valence-corrected chi connectivity index (χ2v) is 6.99. The van der Waals surface area contributed by atoms with Gasteiger partial charge in [0.2, 0.25) is 0 Å². The average molecular weight is 397 g/mol. The molecule has 0 atom stereocenters. The lowest BCUT2D eigenvalue weighted by Gasteiger charge is -2.35. The van der Waals surface area contributed by atoms with Gasteiger partial charge >= 0.3 is 0 Å². The lowest BCUT2D eigenvalue weighted by atomic mass is 10.1. The summed E-state index contributed by atoms with van der Waals surface area (Å²) in [5.41, 5.74) is 0.928. The maximum Gasteiger partial charge on any atom is 0.294 e. The number of rotatable bonds is 3. The Balaban J connectivity index is 1.53. The maximum absolute atomic E-state index is 13.0. The minimum absolute atomic E-state index is 0.0250. The Morgan fingerprint density at radius 3 is 2.57 bits per heavy atom. The van der Waals surface area contributed by atoms with Crippen LogP contribution < -0.4 is 4.90 Å². The lowest BCUT2D eigenvalue weighted by Crippen LogP contribution is -2.49. The first-order valence-electron chi connectivity index (χ1n) is 8.86. The van der Waals surface area contributed by atoms with Crippen molar-refractivity contribution >= 4 is 39.7 Å². The molecule has 1 aliphatic rings. The predicted molar refractivity (Wildman–Crippen MR) is 108 cm³/mol. The zero-order chi connectivity index (χ0) is 19.7. The number of pyridine rings is 1. The van der Waals surface area contributed by atoms with Crippen molar-refractivity contribution in [2.75, 3.05) is 31.1 Å². The number of anilines is 1. The summed E-state index contributed by atoms with van der Waals surface area (Å²) >= 11 is 5.90. The summed E-state index contributed by atoms with van der Waals surface area (Å²) in [7, 11) is 0. The second-order valence-electron chi connectivity index (χ2n) is 6.55. The van der Waals surface area contributed by atoms with Crippen molar-refractivity contribution in [1.29, 1.82) is 0 Å². The van der Waals surface area contributed by atoms with Crippen LogP contribution in [0.1, 0.15) is 10.5 Å². The van der Waals surface area contributed by atoms with Crippen molar-refractivity contribution in [1.82, 2.24) is 9.88 Å². The van der Waals surface area contributed by atoms with Crippen LogP contribution in [0.25, 0.3) is 10.8 Å². The molecule has 7 nitrogen and oxygen atoms in total. The third kappa shape index (κ3) is 3.36.